The second kappa shape index (κ2) is 8.54. The molecule has 0 spiro atoms. The van der Waals surface area contributed by atoms with Crippen molar-refractivity contribution in [2.75, 3.05) is 33.7 Å². The predicted molar refractivity (Wildman–Crippen MR) is 80.0 cm³/mol. The van der Waals surface area contributed by atoms with Crippen molar-refractivity contribution in [2.45, 2.75) is 51.5 Å². The van der Waals surface area contributed by atoms with Gasteiger partial charge in [0.2, 0.25) is 5.91 Å². The summed E-state index contributed by atoms with van der Waals surface area (Å²) in [5.74, 6) is 0.921. The number of hydrogen-bond donors (Lipinski definition) is 1. The molecule has 2 N–H and O–H groups in total. The van der Waals surface area contributed by atoms with Crippen LogP contribution < -0.4 is 5.73 Å². The Hall–Kier alpha value is -0.610. The van der Waals surface area contributed by atoms with Gasteiger partial charge in [-0.1, -0.05) is 13.3 Å². The van der Waals surface area contributed by atoms with Crippen LogP contribution in [-0.2, 0) is 4.79 Å². The lowest BCUT2D eigenvalue weighted by atomic mass is 9.96. The number of nitrogens with zero attached hydrogens (tertiary/aromatic N) is 2. The van der Waals surface area contributed by atoms with Gasteiger partial charge in [-0.3, -0.25) is 4.79 Å². The van der Waals surface area contributed by atoms with Gasteiger partial charge in [0.1, 0.15) is 0 Å². The van der Waals surface area contributed by atoms with E-state index in [-0.39, 0.29) is 0 Å². The molecule has 1 heterocycles. The molecule has 0 radical (unpaired) electrons. The fourth-order valence-electron chi connectivity index (χ4n) is 2.88. The summed E-state index contributed by atoms with van der Waals surface area (Å²) in [6, 6.07) is 0.443. The van der Waals surface area contributed by atoms with E-state index in [9.17, 15) is 4.79 Å². The number of piperidine rings is 1. The Kier molecular flexibility index (Phi) is 7.39. The minimum absolute atomic E-state index is 0.310. The van der Waals surface area contributed by atoms with Crippen LogP contribution in [0.3, 0.4) is 0 Å². The van der Waals surface area contributed by atoms with Gasteiger partial charge in [0, 0.05) is 19.5 Å². The normalized spacial score (nSPS) is 19.4. The van der Waals surface area contributed by atoms with Crippen molar-refractivity contribution in [1.29, 1.82) is 0 Å². The highest BCUT2D eigenvalue weighted by molar-refractivity contribution is 5.76. The molecular weight excluding hydrogens is 238 g/mol. The second-order valence-electron chi connectivity index (χ2n) is 5.93. The van der Waals surface area contributed by atoms with Gasteiger partial charge in [-0.15, -0.1) is 0 Å². The molecular formula is C15H31N3O. The zero-order valence-corrected chi connectivity index (χ0v) is 12.9. The van der Waals surface area contributed by atoms with Crippen LogP contribution >= 0.6 is 0 Å². The Morgan fingerprint density at radius 1 is 1.37 bits per heavy atom. The molecule has 0 aliphatic carbocycles. The number of carbonyl (C=O) groups is 1. The zero-order chi connectivity index (χ0) is 14.3. The van der Waals surface area contributed by atoms with Gasteiger partial charge in [0.25, 0.3) is 0 Å². The van der Waals surface area contributed by atoms with E-state index >= 15 is 0 Å². The van der Waals surface area contributed by atoms with E-state index in [2.05, 4.69) is 18.9 Å². The highest BCUT2D eigenvalue weighted by atomic mass is 16.2. The minimum Gasteiger partial charge on any atom is -0.343 e. The SMILES string of the molecule is CCC(CCN)CCC(=O)N(C)C1CCN(C)CC1. The van der Waals surface area contributed by atoms with E-state index < -0.39 is 0 Å². The fourth-order valence-corrected chi connectivity index (χ4v) is 2.88. The molecule has 0 bridgehead atoms. The van der Waals surface area contributed by atoms with Crippen LogP contribution in [0.4, 0.5) is 0 Å². The summed E-state index contributed by atoms with van der Waals surface area (Å²) in [5.41, 5.74) is 5.60. The van der Waals surface area contributed by atoms with Crippen molar-refractivity contribution >= 4 is 5.91 Å². The molecule has 4 heteroatoms. The van der Waals surface area contributed by atoms with Gasteiger partial charge in [-0.05, 0) is 58.3 Å². The lowest BCUT2D eigenvalue weighted by Crippen LogP contribution is -2.44. The summed E-state index contributed by atoms with van der Waals surface area (Å²) < 4.78 is 0. The highest BCUT2D eigenvalue weighted by Gasteiger charge is 2.23. The number of nitrogens with two attached hydrogens (primary N) is 1. The smallest absolute Gasteiger partial charge is 0.222 e. The van der Waals surface area contributed by atoms with E-state index in [1.54, 1.807) is 0 Å². The van der Waals surface area contributed by atoms with Gasteiger partial charge in [-0.25, -0.2) is 0 Å². The molecule has 1 atom stereocenters. The Balaban J connectivity index is 2.31. The topological polar surface area (TPSA) is 49.6 Å². The summed E-state index contributed by atoms with van der Waals surface area (Å²) in [4.78, 5) is 16.6. The summed E-state index contributed by atoms with van der Waals surface area (Å²) in [5, 5.41) is 0. The largest absolute Gasteiger partial charge is 0.343 e. The Labute approximate surface area is 118 Å². The fraction of sp³-hybridized carbons (Fsp3) is 0.933. The maximum atomic E-state index is 12.2. The molecule has 1 amide bonds. The van der Waals surface area contributed by atoms with E-state index in [4.69, 9.17) is 5.73 Å². The van der Waals surface area contributed by atoms with Crippen LogP contribution in [-0.4, -0.2) is 55.5 Å². The maximum absolute atomic E-state index is 12.2. The van der Waals surface area contributed by atoms with E-state index in [1.165, 1.54) is 0 Å². The molecule has 1 rings (SSSR count). The van der Waals surface area contributed by atoms with E-state index in [1.807, 2.05) is 11.9 Å². The van der Waals surface area contributed by atoms with Crippen molar-refractivity contribution < 1.29 is 4.79 Å². The first kappa shape index (κ1) is 16.4. The number of likely N-dealkylation sites (tertiary alicyclic amines) is 1. The number of amides is 1. The first-order chi connectivity index (χ1) is 9.08. The third-order valence-corrected chi connectivity index (χ3v) is 4.55. The first-order valence-corrected chi connectivity index (χ1v) is 7.72. The molecule has 19 heavy (non-hydrogen) atoms. The highest BCUT2D eigenvalue weighted by Crippen LogP contribution is 2.18. The third-order valence-electron chi connectivity index (χ3n) is 4.55. The molecule has 1 aliphatic heterocycles. The first-order valence-electron chi connectivity index (χ1n) is 7.72. The van der Waals surface area contributed by atoms with Crippen LogP contribution in [0.2, 0.25) is 0 Å². The lowest BCUT2D eigenvalue weighted by Gasteiger charge is -2.35. The van der Waals surface area contributed by atoms with E-state index in [0.29, 0.717) is 24.3 Å². The average Bonchev–Trinajstić information content (AvgIpc) is 2.43. The molecule has 0 aromatic carbocycles. The van der Waals surface area contributed by atoms with Gasteiger partial charge in [0.15, 0.2) is 0 Å². The van der Waals surface area contributed by atoms with Crippen molar-refractivity contribution in [3.8, 4) is 0 Å². The lowest BCUT2D eigenvalue weighted by molar-refractivity contribution is -0.133. The predicted octanol–water partition coefficient (Wildman–Crippen LogP) is 1.69. The van der Waals surface area contributed by atoms with Crippen LogP contribution in [0.25, 0.3) is 0 Å². The van der Waals surface area contributed by atoms with E-state index in [0.717, 1.165) is 51.7 Å². The van der Waals surface area contributed by atoms with Crippen molar-refractivity contribution in [2.24, 2.45) is 11.7 Å². The number of hydrogen-bond acceptors (Lipinski definition) is 3. The summed E-state index contributed by atoms with van der Waals surface area (Å²) in [7, 11) is 4.12. The van der Waals surface area contributed by atoms with Crippen LogP contribution in [0.15, 0.2) is 0 Å². The summed E-state index contributed by atoms with van der Waals surface area (Å²) in [6.07, 6.45) is 6.06. The molecule has 1 aliphatic rings. The minimum atomic E-state index is 0.310. The van der Waals surface area contributed by atoms with Crippen LogP contribution in [0.5, 0.6) is 0 Å². The monoisotopic (exact) mass is 269 g/mol. The molecule has 0 saturated carbocycles. The van der Waals surface area contributed by atoms with Crippen molar-refractivity contribution in [1.82, 2.24) is 9.80 Å². The molecule has 1 unspecified atom stereocenters. The quantitative estimate of drug-likeness (QED) is 0.765. The second-order valence-corrected chi connectivity index (χ2v) is 5.93. The van der Waals surface area contributed by atoms with Crippen molar-refractivity contribution in [3.05, 3.63) is 0 Å². The van der Waals surface area contributed by atoms with Gasteiger partial charge in [-0.2, -0.15) is 0 Å². The van der Waals surface area contributed by atoms with Gasteiger partial charge in [0.05, 0.1) is 0 Å². The molecule has 112 valence electrons. The molecule has 0 aromatic heterocycles. The summed E-state index contributed by atoms with van der Waals surface area (Å²) in [6.45, 7) is 5.13. The van der Waals surface area contributed by atoms with Crippen molar-refractivity contribution in [3.63, 3.8) is 0 Å². The third kappa shape index (κ3) is 5.49. The molecule has 1 saturated heterocycles. The molecule has 1 fully saturated rings. The van der Waals surface area contributed by atoms with Crippen LogP contribution in [0.1, 0.15) is 45.4 Å². The van der Waals surface area contributed by atoms with Crippen LogP contribution in [0, 0.1) is 5.92 Å². The molecule has 0 aromatic rings. The maximum Gasteiger partial charge on any atom is 0.222 e. The molecule has 4 nitrogen and oxygen atoms in total. The number of carbonyl (C=O) groups excluding carboxylic acids is 1. The Morgan fingerprint density at radius 3 is 2.53 bits per heavy atom. The standard InChI is InChI=1S/C15H31N3O/c1-4-13(7-10-16)5-6-15(19)18(3)14-8-11-17(2)12-9-14/h13-14H,4-12,16H2,1-3H3. The van der Waals surface area contributed by atoms with Gasteiger partial charge >= 0.3 is 0 Å². The number of rotatable bonds is 7. The summed E-state index contributed by atoms with van der Waals surface area (Å²) >= 11 is 0. The Morgan fingerprint density at radius 2 is 2.00 bits per heavy atom. The zero-order valence-electron chi connectivity index (χ0n) is 12.9. The van der Waals surface area contributed by atoms with Gasteiger partial charge < -0.3 is 15.5 Å². The average molecular weight is 269 g/mol. The Bertz CT molecular complexity index is 262.